The molecule has 0 spiro atoms. The molecule has 1 heterocycles. The van der Waals surface area contributed by atoms with Gasteiger partial charge in [0.15, 0.2) is 0 Å². The Morgan fingerprint density at radius 2 is 2.00 bits per heavy atom. The maximum atomic E-state index is 12.3. The van der Waals surface area contributed by atoms with Crippen LogP contribution in [0.2, 0.25) is 0 Å². The van der Waals surface area contributed by atoms with Gasteiger partial charge in [-0.2, -0.15) is 0 Å². The Morgan fingerprint density at radius 3 is 2.59 bits per heavy atom. The summed E-state index contributed by atoms with van der Waals surface area (Å²) in [7, 11) is 0. The van der Waals surface area contributed by atoms with E-state index < -0.39 is 0 Å². The van der Waals surface area contributed by atoms with Gasteiger partial charge in [-0.15, -0.1) is 0 Å². The molecular weight excluding hydrogens is 212 g/mol. The van der Waals surface area contributed by atoms with Gasteiger partial charge in [-0.1, -0.05) is 33.1 Å². The van der Waals surface area contributed by atoms with Gasteiger partial charge in [-0.05, 0) is 31.6 Å². The zero-order valence-electron chi connectivity index (χ0n) is 11.2. The summed E-state index contributed by atoms with van der Waals surface area (Å²) in [6.45, 7) is 5.24. The molecule has 0 aromatic carbocycles. The van der Waals surface area contributed by atoms with E-state index in [1.54, 1.807) is 0 Å². The second-order valence-corrected chi connectivity index (χ2v) is 5.50. The minimum Gasteiger partial charge on any atom is -0.326 e. The lowest BCUT2D eigenvalue weighted by molar-refractivity contribution is -0.130. The summed E-state index contributed by atoms with van der Waals surface area (Å²) in [5, 5.41) is 3.57. The SMILES string of the molecule is CCCCN1C(=O)C(CC)NC1C1CCCC1. The van der Waals surface area contributed by atoms with Crippen LogP contribution in [0.15, 0.2) is 0 Å². The van der Waals surface area contributed by atoms with Crippen LogP contribution in [-0.4, -0.2) is 29.6 Å². The van der Waals surface area contributed by atoms with Crippen molar-refractivity contribution < 1.29 is 4.79 Å². The van der Waals surface area contributed by atoms with Gasteiger partial charge in [0.1, 0.15) is 0 Å². The summed E-state index contributed by atoms with van der Waals surface area (Å²) < 4.78 is 0. The highest BCUT2D eigenvalue weighted by molar-refractivity contribution is 5.84. The van der Waals surface area contributed by atoms with Crippen molar-refractivity contribution in [2.75, 3.05) is 6.54 Å². The van der Waals surface area contributed by atoms with Gasteiger partial charge in [0, 0.05) is 6.54 Å². The van der Waals surface area contributed by atoms with E-state index in [1.165, 1.54) is 25.7 Å². The third-order valence-electron chi connectivity index (χ3n) is 4.30. The molecule has 0 bridgehead atoms. The first kappa shape index (κ1) is 12.9. The third kappa shape index (κ3) is 2.65. The number of unbranched alkanes of at least 4 members (excludes halogenated alkanes) is 1. The average molecular weight is 238 g/mol. The molecule has 1 saturated heterocycles. The third-order valence-corrected chi connectivity index (χ3v) is 4.30. The molecule has 2 fully saturated rings. The van der Waals surface area contributed by atoms with Gasteiger partial charge < -0.3 is 4.90 Å². The fourth-order valence-electron chi connectivity index (χ4n) is 3.24. The quantitative estimate of drug-likeness (QED) is 0.798. The Labute approximate surface area is 105 Å². The minimum atomic E-state index is 0.0810. The second kappa shape index (κ2) is 5.85. The monoisotopic (exact) mass is 238 g/mol. The maximum Gasteiger partial charge on any atom is 0.241 e. The number of hydrogen-bond acceptors (Lipinski definition) is 2. The van der Waals surface area contributed by atoms with Crippen LogP contribution < -0.4 is 5.32 Å². The summed E-state index contributed by atoms with van der Waals surface area (Å²) in [5.41, 5.74) is 0. The number of carbonyl (C=O) groups excluding carboxylic acids is 1. The van der Waals surface area contributed by atoms with Crippen molar-refractivity contribution in [1.82, 2.24) is 10.2 Å². The van der Waals surface area contributed by atoms with E-state index >= 15 is 0 Å². The smallest absolute Gasteiger partial charge is 0.241 e. The van der Waals surface area contributed by atoms with Crippen LogP contribution in [-0.2, 0) is 4.79 Å². The lowest BCUT2D eigenvalue weighted by atomic mass is 10.0. The van der Waals surface area contributed by atoms with Crippen LogP contribution in [0.25, 0.3) is 0 Å². The summed E-state index contributed by atoms with van der Waals surface area (Å²) >= 11 is 0. The average Bonchev–Trinajstić information content (AvgIpc) is 2.94. The second-order valence-electron chi connectivity index (χ2n) is 5.50. The van der Waals surface area contributed by atoms with E-state index in [-0.39, 0.29) is 6.04 Å². The number of hydrogen-bond donors (Lipinski definition) is 1. The van der Waals surface area contributed by atoms with Crippen molar-refractivity contribution >= 4 is 5.91 Å². The van der Waals surface area contributed by atoms with E-state index in [2.05, 4.69) is 24.1 Å². The molecule has 1 aliphatic heterocycles. The molecule has 1 amide bonds. The Bertz CT molecular complexity index is 261. The van der Waals surface area contributed by atoms with E-state index in [0.717, 1.165) is 25.8 Å². The molecule has 17 heavy (non-hydrogen) atoms. The number of carbonyl (C=O) groups is 1. The van der Waals surface area contributed by atoms with Crippen LogP contribution in [0.5, 0.6) is 0 Å². The zero-order valence-corrected chi connectivity index (χ0v) is 11.2. The summed E-state index contributed by atoms with van der Waals surface area (Å²) in [6, 6.07) is 0.0810. The Morgan fingerprint density at radius 1 is 1.29 bits per heavy atom. The number of nitrogens with zero attached hydrogens (tertiary/aromatic N) is 1. The molecule has 1 saturated carbocycles. The van der Waals surface area contributed by atoms with Crippen LogP contribution in [0.4, 0.5) is 0 Å². The van der Waals surface area contributed by atoms with Gasteiger partial charge in [-0.25, -0.2) is 0 Å². The molecule has 0 radical (unpaired) electrons. The highest BCUT2D eigenvalue weighted by Gasteiger charge is 2.41. The molecule has 98 valence electrons. The molecule has 0 aromatic rings. The predicted molar refractivity (Wildman–Crippen MR) is 69.6 cm³/mol. The van der Waals surface area contributed by atoms with Gasteiger partial charge in [-0.3, -0.25) is 10.1 Å². The molecule has 1 aliphatic carbocycles. The molecule has 2 aliphatic rings. The van der Waals surface area contributed by atoms with Crippen LogP contribution in [0, 0.1) is 5.92 Å². The molecule has 2 rings (SSSR count). The molecule has 0 aromatic heterocycles. The fraction of sp³-hybridized carbons (Fsp3) is 0.929. The molecular formula is C14H26N2O. The number of amides is 1. The van der Waals surface area contributed by atoms with Crippen LogP contribution >= 0.6 is 0 Å². The highest BCUT2D eigenvalue weighted by Crippen LogP contribution is 2.32. The van der Waals surface area contributed by atoms with E-state index in [4.69, 9.17) is 0 Å². The topological polar surface area (TPSA) is 32.3 Å². The number of rotatable bonds is 5. The molecule has 3 nitrogen and oxygen atoms in total. The fourth-order valence-corrected chi connectivity index (χ4v) is 3.24. The first-order valence-corrected chi connectivity index (χ1v) is 7.34. The molecule has 2 atom stereocenters. The zero-order chi connectivity index (χ0) is 12.3. The Balaban J connectivity index is 2.02. The van der Waals surface area contributed by atoms with Crippen molar-refractivity contribution in [2.24, 2.45) is 5.92 Å². The van der Waals surface area contributed by atoms with Gasteiger partial charge in [0.25, 0.3) is 0 Å². The van der Waals surface area contributed by atoms with Gasteiger partial charge in [0.2, 0.25) is 5.91 Å². The number of nitrogens with one attached hydrogen (secondary N) is 1. The van der Waals surface area contributed by atoms with E-state index in [0.29, 0.717) is 18.0 Å². The van der Waals surface area contributed by atoms with Gasteiger partial charge in [0.05, 0.1) is 12.2 Å². The summed E-state index contributed by atoms with van der Waals surface area (Å²) in [4.78, 5) is 14.4. The van der Waals surface area contributed by atoms with Crippen molar-refractivity contribution in [1.29, 1.82) is 0 Å². The summed E-state index contributed by atoms with van der Waals surface area (Å²) in [5.74, 6) is 1.05. The van der Waals surface area contributed by atoms with Crippen molar-refractivity contribution in [3.8, 4) is 0 Å². The Kier molecular flexibility index (Phi) is 4.43. The Hall–Kier alpha value is -0.570. The molecule has 2 unspecified atom stereocenters. The van der Waals surface area contributed by atoms with E-state index in [1.807, 2.05) is 0 Å². The van der Waals surface area contributed by atoms with Crippen LogP contribution in [0.3, 0.4) is 0 Å². The van der Waals surface area contributed by atoms with Crippen molar-refractivity contribution in [2.45, 2.75) is 71.0 Å². The van der Waals surface area contributed by atoms with E-state index in [9.17, 15) is 4.79 Å². The molecule has 1 N–H and O–H groups in total. The maximum absolute atomic E-state index is 12.3. The van der Waals surface area contributed by atoms with Crippen LogP contribution in [0.1, 0.15) is 58.8 Å². The lowest BCUT2D eigenvalue weighted by Gasteiger charge is -2.28. The van der Waals surface area contributed by atoms with Crippen molar-refractivity contribution in [3.05, 3.63) is 0 Å². The molecule has 3 heteroatoms. The first-order valence-electron chi connectivity index (χ1n) is 7.34. The normalized spacial score (nSPS) is 30.5. The predicted octanol–water partition coefficient (Wildman–Crippen LogP) is 2.51. The minimum absolute atomic E-state index is 0.0810. The van der Waals surface area contributed by atoms with Gasteiger partial charge >= 0.3 is 0 Å². The standard InChI is InChI=1S/C14H26N2O/c1-3-5-10-16-13(11-8-6-7-9-11)15-12(4-2)14(16)17/h11-13,15H,3-10H2,1-2H3. The largest absolute Gasteiger partial charge is 0.326 e. The highest BCUT2D eigenvalue weighted by atomic mass is 16.2. The first-order chi connectivity index (χ1) is 8.27. The lowest BCUT2D eigenvalue weighted by Crippen LogP contribution is -2.43. The van der Waals surface area contributed by atoms with Crippen molar-refractivity contribution in [3.63, 3.8) is 0 Å². The summed E-state index contributed by atoms with van der Waals surface area (Å²) in [6.07, 6.45) is 8.83.